The number of aromatic nitrogens is 2. The average Bonchev–Trinajstić information content (AvgIpc) is 3.02. The maximum absolute atomic E-state index is 11.4. The molecule has 0 atom stereocenters. The first kappa shape index (κ1) is 14.0. The zero-order valence-electron chi connectivity index (χ0n) is 11.3. The smallest absolute Gasteiger partial charge is 0.337 e. The van der Waals surface area contributed by atoms with E-state index in [0.717, 1.165) is 26.6 Å². The van der Waals surface area contributed by atoms with Gasteiger partial charge in [-0.1, -0.05) is 12.1 Å². The molecule has 0 saturated carbocycles. The second-order valence-corrected chi connectivity index (χ2v) is 6.17. The number of carbonyl (C=O) groups is 1. The number of hydrogen-bond donors (Lipinski definition) is 0. The van der Waals surface area contributed by atoms with E-state index in [2.05, 4.69) is 14.7 Å². The van der Waals surface area contributed by atoms with Gasteiger partial charge in [0.2, 0.25) is 0 Å². The molecule has 0 amide bonds. The lowest BCUT2D eigenvalue weighted by molar-refractivity contribution is 0.0600. The van der Waals surface area contributed by atoms with Crippen molar-refractivity contribution in [1.29, 1.82) is 0 Å². The minimum absolute atomic E-state index is 0.315. The topological polar surface area (TPSA) is 52.1 Å². The number of rotatable bonds is 4. The second-order valence-electron chi connectivity index (χ2n) is 4.29. The van der Waals surface area contributed by atoms with E-state index in [1.54, 1.807) is 41.6 Å². The molecule has 21 heavy (non-hydrogen) atoms. The van der Waals surface area contributed by atoms with Crippen LogP contribution in [-0.2, 0) is 10.5 Å². The summed E-state index contributed by atoms with van der Waals surface area (Å²) < 4.78 is 5.80. The third-order valence-electron chi connectivity index (χ3n) is 2.96. The van der Waals surface area contributed by atoms with Crippen LogP contribution >= 0.6 is 23.1 Å². The Morgan fingerprint density at radius 1 is 1.24 bits per heavy atom. The Kier molecular flexibility index (Phi) is 4.17. The van der Waals surface area contributed by atoms with Crippen LogP contribution in [0.2, 0.25) is 0 Å². The maximum atomic E-state index is 11.4. The molecule has 2 heterocycles. The van der Waals surface area contributed by atoms with Crippen molar-refractivity contribution < 1.29 is 9.53 Å². The summed E-state index contributed by atoms with van der Waals surface area (Å²) >= 11 is 3.32. The van der Waals surface area contributed by atoms with Gasteiger partial charge in [0.1, 0.15) is 11.4 Å². The summed E-state index contributed by atoms with van der Waals surface area (Å²) in [5, 5.41) is 3.02. The van der Waals surface area contributed by atoms with Crippen LogP contribution < -0.4 is 0 Å². The van der Waals surface area contributed by atoms with E-state index in [1.807, 2.05) is 23.6 Å². The number of carbonyl (C=O) groups excluding carboxylic acids is 1. The second kappa shape index (κ2) is 6.24. The van der Waals surface area contributed by atoms with E-state index in [1.165, 1.54) is 7.11 Å². The quantitative estimate of drug-likeness (QED) is 0.416. The first-order valence-corrected chi connectivity index (χ1v) is 8.12. The highest BCUT2D eigenvalue weighted by atomic mass is 32.2. The third kappa shape index (κ3) is 3.06. The molecule has 0 aliphatic heterocycles. The first-order chi connectivity index (χ1) is 10.3. The van der Waals surface area contributed by atoms with Crippen LogP contribution in [0.4, 0.5) is 0 Å². The molecule has 0 spiro atoms. The minimum Gasteiger partial charge on any atom is -0.465 e. The van der Waals surface area contributed by atoms with Gasteiger partial charge in [-0.2, -0.15) is 0 Å². The van der Waals surface area contributed by atoms with Gasteiger partial charge in [0, 0.05) is 5.75 Å². The highest BCUT2D eigenvalue weighted by Crippen LogP contribution is 2.30. The van der Waals surface area contributed by atoms with Gasteiger partial charge in [0.25, 0.3) is 0 Å². The Morgan fingerprint density at radius 3 is 2.81 bits per heavy atom. The molecule has 0 saturated heterocycles. The van der Waals surface area contributed by atoms with Crippen LogP contribution in [0.5, 0.6) is 0 Å². The van der Waals surface area contributed by atoms with Crippen molar-refractivity contribution in [3.8, 4) is 0 Å². The molecular weight excluding hydrogens is 304 g/mol. The van der Waals surface area contributed by atoms with Gasteiger partial charge >= 0.3 is 5.97 Å². The molecule has 0 fully saturated rings. The van der Waals surface area contributed by atoms with E-state index < -0.39 is 0 Å². The van der Waals surface area contributed by atoms with Gasteiger partial charge < -0.3 is 4.74 Å². The normalized spacial score (nSPS) is 10.7. The molecule has 3 aromatic rings. The number of thiophene rings is 1. The monoisotopic (exact) mass is 316 g/mol. The third-order valence-corrected chi connectivity index (χ3v) is 5.06. The van der Waals surface area contributed by atoms with Crippen molar-refractivity contribution in [3.05, 3.63) is 53.2 Å². The van der Waals surface area contributed by atoms with Gasteiger partial charge in [0.05, 0.1) is 22.9 Å². The van der Waals surface area contributed by atoms with Crippen LogP contribution in [0.25, 0.3) is 10.2 Å². The van der Waals surface area contributed by atoms with Crippen molar-refractivity contribution in [2.45, 2.75) is 10.8 Å². The Bertz CT molecular complexity index is 769. The Labute approximate surface area is 130 Å². The number of fused-ring (bicyclic) bond motifs is 1. The van der Waals surface area contributed by atoms with Crippen molar-refractivity contribution in [3.63, 3.8) is 0 Å². The van der Waals surface area contributed by atoms with Gasteiger partial charge in [-0.3, -0.25) is 0 Å². The molecule has 0 radical (unpaired) electrons. The van der Waals surface area contributed by atoms with Crippen molar-refractivity contribution in [2.24, 2.45) is 0 Å². The molecular formula is C15H12N2O2S2. The lowest BCUT2D eigenvalue weighted by Gasteiger charge is -2.04. The van der Waals surface area contributed by atoms with Gasteiger partial charge in [-0.05, 0) is 29.1 Å². The van der Waals surface area contributed by atoms with E-state index in [9.17, 15) is 4.79 Å². The summed E-state index contributed by atoms with van der Waals surface area (Å²) in [5.74, 6) is 0.483. The van der Waals surface area contributed by atoms with E-state index in [0.29, 0.717) is 5.56 Å². The van der Waals surface area contributed by atoms with Crippen LogP contribution in [0, 0.1) is 0 Å². The fourth-order valence-corrected chi connectivity index (χ4v) is 3.78. The molecule has 2 aromatic heterocycles. The molecule has 6 heteroatoms. The maximum Gasteiger partial charge on any atom is 0.337 e. The number of benzene rings is 1. The van der Waals surface area contributed by atoms with E-state index in [4.69, 9.17) is 0 Å². The lowest BCUT2D eigenvalue weighted by atomic mass is 10.1. The largest absolute Gasteiger partial charge is 0.465 e. The lowest BCUT2D eigenvalue weighted by Crippen LogP contribution is -2.00. The molecule has 0 bridgehead atoms. The highest BCUT2D eigenvalue weighted by Gasteiger charge is 2.07. The molecule has 3 rings (SSSR count). The molecule has 106 valence electrons. The predicted molar refractivity (Wildman–Crippen MR) is 84.8 cm³/mol. The summed E-state index contributed by atoms with van der Waals surface area (Å²) in [6, 6.07) is 9.43. The number of ether oxygens (including phenoxy) is 1. The van der Waals surface area contributed by atoms with Crippen LogP contribution in [0.3, 0.4) is 0 Å². The number of esters is 1. The molecule has 1 aromatic carbocycles. The number of thioether (sulfide) groups is 1. The van der Waals surface area contributed by atoms with Crippen LogP contribution in [0.15, 0.2) is 47.1 Å². The zero-order chi connectivity index (χ0) is 14.7. The molecule has 0 aliphatic carbocycles. The average molecular weight is 316 g/mol. The Hall–Kier alpha value is -1.92. The summed E-state index contributed by atoms with van der Waals surface area (Å²) in [5.41, 5.74) is 2.68. The SMILES string of the molecule is COC(=O)c1ccc(CSc2ncnc3ccsc23)cc1. The summed E-state index contributed by atoms with van der Waals surface area (Å²) in [6.07, 6.45) is 1.59. The number of methoxy groups -OCH3 is 1. The molecule has 0 aliphatic rings. The van der Waals surface area contributed by atoms with Crippen LogP contribution in [0.1, 0.15) is 15.9 Å². The van der Waals surface area contributed by atoms with Crippen molar-refractivity contribution in [1.82, 2.24) is 9.97 Å². The number of nitrogens with zero attached hydrogens (tertiary/aromatic N) is 2. The highest BCUT2D eigenvalue weighted by molar-refractivity contribution is 7.98. The summed E-state index contributed by atoms with van der Waals surface area (Å²) in [6.45, 7) is 0. The van der Waals surface area contributed by atoms with Crippen molar-refractivity contribution in [2.75, 3.05) is 7.11 Å². The van der Waals surface area contributed by atoms with E-state index in [-0.39, 0.29) is 5.97 Å². The van der Waals surface area contributed by atoms with Crippen LogP contribution in [-0.4, -0.2) is 23.0 Å². The number of hydrogen-bond acceptors (Lipinski definition) is 6. The summed E-state index contributed by atoms with van der Waals surface area (Å²) in [7, 11) is 1.38. The Balaban J connectivity index is 1.73. The molecule has 0 N–H and O–H groups in total. The van der Waals surface area contributed by atoms with Gasteiger partial charge in [-0.15, -0.1) is 23.1 Å². The van der Waals surface area contributed by atoms with Gasteiger partial charge in [0.15, 0.2) is 0 Å². The van der Waals surface area contributed by atoms with Crippen molar-refractivity contribution >= 4 is 39.3 Å². The summed E-state index contributed by atoms with van der Waals surface area (Å²) in [4.78, 5) is 20.0. The van der Waals surface area contributed by atoms with E-state index >= 15 is 0 Å². The predicted octanol–water partition coefficient (Wildman–Crippen LogP) is 3.77. The minimum atomic E-state index is -0.315. The Morgan fingerprint density at radius 2 is 2.05 bits per heavy atom. The van der Waals surface area contributed by atoms with Gasteiger partial charge in [-0.25, -0.2) is 14.8 Å². The first-order valence-electron chi connectivity index (χ1n) is 6.26. The standard InChI is InChI=1S/C15H12N2O2S2/c1-19-15(18)11-4-2-10(3-5-11)8-21-14-13-12(6-7-20-13)16-9-17-14/h2-7,9H,8H2,1H3. The fraction of sp³-hybridized carbons (Fsp3) is 0.133. The molecule has 0 unspecified atom stereocenters. The zero-order valence-corrected chi connectivity index (χ0v) is 12.9. The molecule has 4 nitrogen and oxygen atoms in total. The fourth-order valence-electron chi connectivity index (χ4n) is 1.88.